The number of carbonyl (C=O) groups is 1. The zero-order chi connectivity index (χ0) is 25.8. The molecule has 2 fully saturated rings. The van der Waals surface area contributed by atoms with Crippen LogP contribution in [0.1, 0.15) is 19.3 Å². The predicted octanol–water partition coefficient (Wildman–Crippen LogP) is 3.36. The van der Waals surface area contributed by atoms with E-state index in [0.29, 0.717) is 49.0 Å². The van der Waals surface area contributed by atoms with Gasteiger partial charge in [0.25, 0.3) is 0 Å². The number of carbonyl (C=O) groups excluding carboxylic acids is 1. The van der Waals surface area contributed by atoms with Crippen molar-refractivity contribution in [2.24, 2.45) is 5.41 Å². The smallest absolute Gasteiger partial charge is 0.243 e. The number of methoxy groups -OCH3 is 1. The normalized spacial score (nSPS) is 21.8. The Bertz CT molecular complexity index is 1150. The van der Waals surface area contributed by atoms with Crippen LogP contribution in [0.2, 0.25) is 5.02 Å². The van der Waals surface area contributed by atoms with Gasteiger partial charge in [0, 0.05) is 62.2 Å². The average Bonchev–Trinajstić information content (AvgIpc) is 2.89. The molecule has 10 heteroatoms. The summed E-state index contributed by atoms with van der Waals surface area (Å²) in [5.74, 6) is 1.16. The number of hydrogen-bond donors (Lipinski definition) is 0. The number of hydrogen-bond acceptors (Lipinski definition) is 6. The van der Waals surface area contributed by atoms with Crippen LogP contribution in [0.25, 0.3) is 0 Å². The van der Waals surface area contributed by atoms with Gasteiger partial charge < -0.3 is 19.3 Å². The highest BCUT2D eigenvalue weighted by atomic mass is 35.5. The number of nitrogens with zero attached hydrogens (tertiary/aromatic N) is 3. The molecule has 0 radical (unpaired) electrons. The van der Waals surface area contributed by atoms with Gasteiger partial charge in [-0.3, -0.25) is 4.79 Å². The molecule has 36 heavy (non-hydrogen) atoms. The molecule has 2 aliphatic rings. The summed E-state index contributed by atoms with van der Waals surface area (Å²) in [5, 5.41) is 0.607. The lowest BCUT2D eigenvalue weighted by atomic mass is 9.78. The molecule has 196 valence electrons. The Morgan fingerprint density at radius 1 is 1.03 bits per heavy atom. The fourth-order valence-electron chi connectivity index (χ4n) is 4.85. The monoisotopic (exact) mass is 535 g/mol. The van der Waals surface area contributed by atoms with Gasteiger partial charge in [0.2, 0.25) is 15.9 Å². The van der Waals surface area contributed by atoms with E-state index in [-0.39, 0.29) is 30.4 Å². The van der Waals surface area contributed by atoms with E-state index in [2.05, 4.69) is 4.90 Å². The highest BCUT2D eigenvalue weighted by molar-refractivity contribution is 7.89. The molecule has 2 saturated heterocycles. The second-order valence-electron chi connectivity index (χ2n) is 9.72. The van der Waals surface area contributed by atoms with Crippen LogP contribution in [0.5, 0.6) is 11.5 Å². The highest BCUT2D eigenvalue weighted by Gasteiger charge is 2.43. The number of ether oxygens (including phenoxy) is 2. The number of halogens is 1. The minimum absolute atomic E-state index is 0.0448. The third-order valence-corrected chi connectivity index (χ3v) is 9.14. The SMILES string of the molecule is COc1cccc(S(=O)(=O)N2CCC[C@@](COc3ccc(Cl)cc3)(CC(=O)N3CCN(C)CC3)C2)c1. The Balaban J connectivity index is 1.57. The molecule has 1 atom stereocenters. The van der Waals surface area contributed by atoms with Crippen molar-refractivity contribution in [1.82, 2.24) is 14.1 Å². The van der Waals surface area contributed by atoms with Gasteiger partial charge in [0.05, 0.1) is 18.6 Å². The first kappa shape index (κ1) is 26.7. The van der Waals surface area contributed by atoms with Crippen molar-refractivity contribution < 1.29 is 22.7 Å². The van der Waals surface area contributed by atoms with Crippen LogP contribution in [-0.2, 0) is 14.8 Å². The topological polar surface area (TPSA) is 79.4 Å². The third kappa shape index (κ3) is 6.32. The van der Waals surface area contributed by atoms with Gasteiger partial charge in [-0.1, -0.05) is 17.7 Å². The van der Waals surface area contributed by atoms with Crippen LogP contribution >= 0.6 is 11.6 Å². The highest BCUT2D eigenvalue weighted by Crippen LogP contribution is 2.38. The summed E-state index contributed by atoms with van der Waals surface area (Å²) >= 11 is 6.01. The summed E-state index contributed by atoms with van der Waals surface area (Å²) in [6, 6.07) is 13.6. The van der Waals surface area contributed by atoms with Crippen LogP contribution < -0.4 is 9.47 Å². The third-order valence-electron chi connectivity index (χ3n) is 7.05. The van der Waals surface area contributed by atoms with Crippen LogP contribution in [-0.4, -0.2) is 88.5 Å². The second-order valence-corrected chi connectivity index (χ2v) is 12.1. The lowest BCUT2D eigenvalue weighted by Gasteiger charge is -2.43. The molecule has 0 bridgehead atoms. The molecule has 0 aromatic heterocycles. The van der Waals surface area contributed by atoms with Crippen molar-refractivity contribution in [3.05, 3.63) is 53.6 Å². The number of benzene rings is 2. The summed E-state index contributed by atoms with van der Waals surface area (Å²) in [5.41, 5.74) is -0.649. The number of rotatable bonds is 8. The number of likely N-dealkylation sites (N-methyl/N-ethyl adjacent to an activating group) is 1. The second kappa shape index (κ2) is 11.4. The zero-order valence-electron chi connectivity index (χ0n) is 20.9. The molecule has 0 N–H and O–H groups in total. The summed E-state index contributed by atoms with van der Waals surface area (Å²) < 4.78 is 40.0. The zero-order valence-corrected chi connectivity index (χ0v) is 22.4. The van der Waals surface area contributed by atoms with E-state index < -0.39 is 15.4 Å². The first-order chi connectivity index (χ1) is 17.2. The van der Waals surface area contributed by atoms with E-state index in [9.17, 15) is 13.2 Å². The molecule has 0 aliphatic carbocycles. The molecule has 0 saturated carbocycles. The molecule has 0 unspecified atom stereocenters. The summed E-state index contributed by atoms with van der Waals surface area (Å²) in [7, 11) is -0.216. The molecule has 1 amide bonds. The van der Waals surface area contributed by atoms with Crippen molar-refractivity contribution in [2.45, 2.75) is 24.2 Å². The number of amides is 1. The maximum absolute atomic E-state index is 13.6. The number of sulfonamides is 1. The maximum Gasteiger partial charge on any atom is 0.243 e. The van der Waals surface area contributed by atoms with Crippen molar-refractivity contribution in [3.63, 3.8) is 0 Å². The summed E-state index contributed by atoms with van der Waals surface area (Å²) in [4.78, 5) is 17.7. The molecular formula is C26H34ClN3O5S. The standard InChI is InChI=1S/C26H34ClN3O5S/c1-28-13-15-29(16-14-28)25(31)18-26(20-35-22-9-7-21(27)8-10-22)11-4-12-30(19-26)36(32,33)24-6-3-5-23(17-24)34-2/h3,5-10,17H,4,11-16,18-20H2,1-2H3/t26-/m1/s1. The van der Waals surface area contributed by atoms with Gasteiger partial charge in [0.1, 0.15) is 11.5 Å². The van der Waals surface area contributed by atoms with Crippen LogP contribution in [0.3, 0.4) is 0 Å². The average molecular weight is 536 g/mol. The van der Waals surface area contributed by atoms with E-state index in [0.717, 1.165) is 13.1 Å². The van der Waals surface area contributed by atoms with Gasteiger partial charge in [0.15, 0.2) is 0 Å². The van der Waals surface area contributed by atoms with Gasteiger partial charge in [-0.25, -0.2) is 8.42 Å². The van der Waals surface area contributed by atoms with E-state index >= 15 is 0 Å². The summed E-state index contributed by atoms with van der Waals surface area (Å²) in [6.07, 6.45) is 1.57. The van der Waals surface area contributed by atoms with Gasteiger partial charge in [-0.2, -0.15) is 4.31 Å². The Morgan fingerprint density at radius 3 is 2.44 bits per heavy atom. The molecule has 0 spiro atoms. The predicted molar refractivity (Wildman–Crippen MR) is 139 cm³/mol. The van der Waals surface area contributed by atoms with E-state index in [4.69, 9.17) is 21.1 Å². The lowest BCUT2D eigenvalue weighted by molar-refractivity contribution is -0.136. The van der Waals surface area contributed by atoms with Crippen LogP contribution in [0.15, 0.2) is 53.4 Å². The van der Waals surface area contributed by atoms with Gasteiger partial charge >= 0.3 is 0 Å². The largest absolute Gasteiger partial charge is 0.497 e. The van der Waals surface area contributed by atoms with Crippen LogP contribution in [0, 0.1) is 5.41 Å². The molecular weight excluding hydrogens is 502 g/mol. The van der Waals surface area contributed by atoms with Crippen molar-refractivity contribution in [1.29, 1.82) is 0 Å². The van der Waals surface area contributed by atoms with Crippen LogP contribution in [0.4, 0.5) is 0 Å². The molecule has 8 nitrogen and oxygen atoms in total. The van der Waals surface area contributed by atoms with Crippen molar-refractivity contribution in [2.75, 3.05) is 60.0 Å². The van der Waals surface area contributed by atoms with Crippen molar-refractivity contribution in [3.8, 4) is 11.5 Å². The Kier molecular flexibility index (Phi) is 8.44. The fourth-order valence-corrected chi connectivity index (χ4v) is 6.60. The quantitative estimate of drug-likeness (QED) is 0.516. The Morgan fingerprint density at radius 2 is 1.75 bits per heavy atom. The molecule has 2 aliphatic heterocycles. The molecule has 2 heterocycles. The van der Waals surface area contributed by atoms with Gasteiger partial charge in [-0.15, -0.1) is 0 Å². The minimum Gasteiger partial charge on any atom is -0.497 e. The first-order valence-electron chi connectivity index (χ1n) is 12.2. The van der Waals surface area contributed by atoms with E-state index in [1.54, 1.807) is 42.5 Å². The van der Waals surface area contributed by atoms with Crippen molar-refractivity contribution >= 4 is 27.5 Å². The van der Waals surface area contributed by atoms with E-state index in [1.807, 2.05) is 11.9 Å². The lowest BCUT2D eigenvalue weighted by Crippen LogP contribution is -2.53. The van der Waals surface area contributed by atoms with E-state index in [1.165, 1.54) is 17.5 Å². The Hall–Kier alpha value is -2.33. The minimum atomic E-state index is -3.77. The van der Waals surface area contributed by atoms with Gasteiger partial charge in [-0.05, 0) is 56.3 Å². The summed E-state index contributed by atoms with van der Waals surface area (Å²) in [6.45, 7) is 3.85. The number of piperazine rings is 1. The fraction of sp³-hybridized carbons (Fsp3) is 0.500. The Labute approximate surface area is 218 Å². The maximum atomic E-state index is 13.6. The number of piperidine rings is 1. The first-order valence-corrected chi connectivity index (χ1v) is 14.0. The molecule has 2 aromatic rings. The molecule has 4 rings (SSSR count). The molecule has 2 aromatic carbocycles.